The fourth-order valence-corrected chi connectivity index (χ4v) is 1.98. The second-order valence-electron chi connectivity index (χ2n) is 4.37. The zero-order chi connectivity index (χ0) is 15.9. The number of hydrogen-bond donors (Lipinski definition) is 5. The van der Waals surface area contributed by atoms with E-state index in [4.69, 9.17) is 10.2 Å². The van der Waals surface area contributed by atoms with Crippen LogP contribution < -0.4 is 16.2 Å². The molecule has 0 radical (unpaired) electrons. The van der Waals surface area contributed by atoms with Crippen LogP contribution in [0.25, 0.3) is 0 Å². The van der Waals surface area contributed by atoms with Crippen LogP contribution in [0.15, 0.2) is 36.1 Å². The summed E-state index contributed by atoms with van der Waals surface area (Å²) < 4.78 is 0. The highest BCUT2D eigenvalue weighted by molar-refractivity contribution is 5.93. The van der Waals surface area contributed by atoms with Crippen molar-refractivity contribution in [1.29, 1.82) is 0 Å². The van der Waals surface area contributed by atoms with Crippen LogP contribution in [0.2, 0.25) is 0 Å². The predicted molar refractivity (Wildman–Crippen MR) is 73.9 cm³/mol. The summed E-state index contributed by atoms with van der Waals surface area (Å²) >= 11 is 0. The first-order valence-electron chi connectivity index (χ1n) is 6.16. The van der Waals surface area contributed by atoms with Gasteiger partial charge in [-0.2, -0.15) is 0 Å². The molecule has 2 atom stereocenters. The number of nitrogens with one attached hydrogen (secondary N) is 3. The van der Waals surface area contributed by atoms with Crippen molar-refractivity contribution in [3.63, 3.8) is 0 Å². The zero-order valence-electron chi connectivity index (χ0n) is 11.4. The van der Waals surface area contributed by atoms with E-state index < -0.39 is 23.4 Å². The third-order valence-electron chi connectivity index (χ3n) is 3.21. The Bertz CT molecular complexity index is 506. The van der Waals surface area contributed by atoms with Crippen molar-refractivity contribution in [2.24, 2.45) is 5.92 Å². The van der Waals surface area contributed by atoms with Gasteiger partial charge in [0, 0.05) is 24.2 Å². The minimum Gasteiger partial charge on any atom is -0.479 e. The highest BCUT2D eigenvalue weighted by Crippen LogP contribution is 2.30. The lowest BCUT2D eigenvalue weighted by atomic mass is 9.77. The van der Waals surface area contributed by atoms with Crippen molar-refractivity contribution < 1.29 is 24.6 Å². The quantitative estimate of drug-likeness (QED) is 0.437. The van der Waals surface area contributed by atoms with Gasteiger partial charge in [0.05, 0.1) is 0 Å². The molecule has 1 amide bonds. The average Bonchev–Trinajstić information content (AvgIpc) is 3.00. The van der Waals surface area contributed by atoms with Crippen LogP contribution in [0.1, 0.15) is 6.92 Å². The minimum atomic E-state index is -1.69. The average molecular weight is 295 g/mol. The topological polar surface area (TPSA) is 128 Å². The molecule has 5 N–H and O–H groups in total. The molecular formula is C13H17N3O5. The minimum absolute atomic E-state index is 0.0562. The molecule has 21 heavy (non-hydrogen) atoms. The molecule has 1 aliphatic carbocycles. The zero-order valence-corrected chi connectivity index (χ0v) is 11.4. The van der Waals surface area contributed by atoms with Crippen molar-refractivity contribution in [3.8, 4) is 0 Å². The summed E-state index contributed by atoms with van der Waals surface area (Å²) in [4.78, 5) is 32.4. The van der Waals surface area contributed by atoms with Gasteiger partial charge >= 0.3 is 11.9 Å². The summed E-state index contributed by atoms with van der Waals surface area (Å²) in [5, 5.41) is 20.1. The van der Waals surface area contributed by atoms with Gasteiger partial charge in [0.15, 0.2) is 5.54 Å². The monoisotopic (exact) mass is 295 g/mol. The van der Waals surface area contributed by atoms with Crippen LogP contribution in [0.5, 0.6) is 0 Å². The summed E-state index contributed by atoms with van der Waals surface area (Å²) in [6.07, 6.45) is 8.04. The van der Waals surface area contributed by atoms with Crippen LogP contribution in [0.3, 0.4) is 0 Å². The number of hydrazine groups is 1. The normalized spacial score (nSPS) is 26.0. The largest absolute Gasteiger partial charge is 0.479 e. The Kier molecular flexibility index (Phi) is 5.67. The Morgan fingerprint density at radius 2 is 2.19 bits per heavy atom. The summed E-state index contributed by atoms with van der Waals surface area (Å²) in [6, 6.07) is 0. The maximum Gasteiger partial charge on any atom is 0.334 e. The molecule has 0 aromatic rings. The summed E-state index contributed by atoms with van der Waals surface area (Å²) in [5.74, 6) is -3.34. The van der Waals surface area contributed by atoms with Crippen LogP contribution in [0.4, 0.5) is 0 Å². The number of carbonyl (C=O) groups excluding carboxylic acids is 1. The molecule has 0 fully saturated rings. The molecule has 8 nitrogen and oxygen atoms in total. The first-order chi connectivity index (χ1) is 9.95. The van der Waals surface area contributed by atoms with E-state index in [9.17, 15) is 14.4 Å². The Hall–Kier alpha value is -2.61. The molecule has 0 saturated carbocycles. The lowest BCUT2D eigenvalue weighted by molar-refractivity contribution is -0.146. The van der Waals surface area contributed by atoms with Crippen molar-refractivity contribution in [2.45, 2.75) is 12.5 Å². The number of carboxylic acid groups (broad SMARTS) is 2. The Morgan fingerprint density at radius 3 is 2.57 bits per heavy atom. The summed E-state index contributed by atoms with van der Waals surface area (Å²) in [7, 11) is 0. The molecular weight excluding hydrogens is 278 g/mol. The molecule has 8 heteroatoms. The van der Waals surface area contributed by atoms with E-state index in [1.54, 1.807) is 0 Å². The van der Waals surface area contributed by atoms with Gasteiger partial charge in [-0.3, -0.25) is 4.79 Å². The number of carbonyl (C=O) groups is 3. The van der Waals surface area contributed by atoms with Crippen molar-refractivity contribution in [2.75, 3.05) is 6.54 Å². The fourth-order valence-electron chi connectivity index (χ4n) is 1.98. The van der Waals surface area contributed by atoms with Crippen LogP contribution in [-0.4, -0.2) is 40.6 Å². The molecule has 2 rings (SSSR count). The van der Waals surface area contributed by atoms with Crippen molar-refractivity contribution in [3.05, 3.63) is 36.1 Å². The van der Waals surface area contributed by atoms with Gasteiger partial charge in [0.2, 0.25) is 6.41 Å². The molecule has 0 aromatic heterocycles. The predicted octanol–water partition coefficient (Wildman–Crippen LogP) is -0.619. The van der Waals surface area contributed by atoms with Gasteiger partial charge in [-0.1, -0.05) is 25.2 Å². The Labute approximate surface area is 121 Å². The Morgan fingerprint density at radius 1 is 1.48 bits per heavy atom. The van der Waals surface area contributed by atoms with Gasteiger partial charge in [-0.25, -0.2) is 15.0 Å². The molecule has 0 bridgehead atoms. The van der Waals surface area contributed by atoms with E-state index in [1.807, 2.05) is 12.3 Å². The molecule has 0 spiro atoms. The van der Waals surface area contributed by atoms with E-state index in [0.29, 0.717) is 0 Å². The fraction of sp³-hybridized carbons (Fsp3) is 0.308. The SMILES string of the molecule is C1=CNNC1.CC1C(C(=O)O)=CC=CC1(NC=O)C(=O)O. The lowest BCUT2D eigenvalue weighted by Gasteiger charge is -2.34. The van der Waals surface area contributed by atoms with E-state index >= 15 is 0 Å². The van der Waals surface area contributed by atoms with E-state index in [-0.39, 0.29) is 12.0 Å². The van der Waals surface area contributed by atoms with Gasteiger partial charge < -0.3 is 21.0 Å². The maximum atomic E-state index is 11.2. The van der Waals surface area contributed by atoms with E-state index in [0.717, 1.165) is 6.54 Å². The number of amides is 1. The highest BCUT2D eigenvalue weighted by Gasteiger charge is 2.45. The summed E-state index contributed by atoms with van der Waals surface area (Å²) in [6.45, 7) is 2.40. The number of carboxylic acids is 2. The Balaban J connectivity index is 0.000000369. The number of hydrogen-bond acceptors (Lipinski definition) is 5. The lowest BCUT2D eigenvalue weighted by Crippen LogP contribution is -2.56. The third-order valence-corrected chi connectivity index (χ3v) is 3.21. The van der Waals surface area contributed by atoms with Crippen molar-refractivity contribution >= 4 is 18.3 Å². The van der Waals surface area contributed by atoms with E-state index in [1.165, 1.54) is 25.2 Å². The molecule has 2 unspecified atom stereocenters. The standard InChI is InChI=1S/C10H11NO5.C3H6N2/c1-6-7(8(13)14)3-2-4-10(6,9(15)16)11-5-12;1-2-4-5-3-1/h2-6H,1H3,(H,11,12)(H,13,14)(H,15,16);1-2,4-5H,3H2. The molecule has 0 aromatic carbocycles. The van der Waals surface area contributed by atoms with Crippen LogP contribution >= 0.6 is 0 Å². The third kappa shape index (κ3) is 3.69. The number of aliphatic carboxylic acids is 2. The molecule has 114 valence electrons. The van der Waals surface area contributed by atoms with Gasteiger partial charge in [0.25, 0.3) is 0 Å². The molecule has 0 saturated heterocycles. The molecule has 1 heterocycles. The number of allylic oxidation sites excluding steroid dienone is 2. The summed E-state index contributed by atoms with van der Waals surface area (Å²) in [5.41, 5.74) is 3.91. The second-order valence-corrected chi connectivity index (χ2v) is 4.37. The molecule has 2 aliphatic rings. The maximum absolute atomic E-state index is 11.2. The first-order valence-corrected chi connectivity index (χ1v) is 6.16. The van der Waals surface area contributed by atoms with Gasteiger partial charge in [0.1, 0.15) is 0 Å². The van der Waals surface area contributed by atoms with Crippen LogP contribution in [0, 0.1) is 5.92 Å². The van der Waals surface area contributed by atoms with E-state index in [2.05, 4.69) is 16.2 Å². The second kappa shape index (κ2) is 7.25. The first kappa shape index (κ1) is 16.4. The van der Waals surface area contributed by atoms with Gasteiger partial charge in [-0.05, 0) is 6.08 Å². The highest BCUT2D eigenvalue weighted by atomic mass is 16.4. The van der Waals surface area contributed by atoms with Crippen LogP contribution in [-0.2, 0) is 14.4 Å². The van der Waals surface area contributed by atoms with Crippen molar-refractivity contribution in [1.82, 2.24) is 16.2 Å². The molecule has 1 aliphatic heterocycles. The smallest absolute Gasteiger partial charge is 0.334 e. The number of rotatable bonds is 4. The van der Waals surface area contributed by atoms with Gasteiger partial charge in [-0.15, -0.1) is 0 Å².